The number of carbonyl (C=O) groups excluding carboxylic acids is 1. The Morgan fingerprint density at radius 1 is 1.44 bits per heavy atom. The number of ether oxygens (including phenoxy) is 1. The normalized spacial score (nSPS) is 9.94. The van der Waals surface area contributed by atoms with Gasteiger partial charge in [0.25, 0.3) is 0 Å². The van der Waals surface area contributed by atoms with E-state index in [0.29, 0.717) is 18.0 Å². The number of aliphatic hydroxyl groups excluding tert-OH is 1. The van der Waals surface area contributed by atoms with Crippen molar-refractivity contribution < 1.29 is 14.6 Å². The SMILES string of the molecule is O=C(NCCCO)Oc1cccc(Cl)c1Cl. The minimum Gasteiger partial charge on any atom is -0.409 e. The Morgan fingerprint density at radius 2 is 2.19 bits per heavy atom. The van der Waals surface area contributed by atoms with Crippen LogP contribution in [-0.2, 0) is 0 Å². The van der Waals surface area contributed by atoms with Gasteiger partial charge in [0, 0.05) is 13.2 Å². The van der Waals surface area contributed by atoms with Crippen LogP contribution in [0.2, 0.25) is 10.0 Å². The van der Waals surface area contributed by atoms with E-state index in [1.165, 1.54) is 0 Å². The Hall–Kier alpha value is -0.970. The van der Waals surface area contributed by atoms with Crippen LogP contribution in [-0.4, -0.2) is 24.4 Å². The molecule has 0 aromatic heterocycles. The number of benzene rings is 1. The molecule has 0 unspecified atom stereocenters. The van der Waals surface area contributed by atoms with Gasteiger partial charge in [-0.15, -0.1) is 0 Å². The van der Waals surface area contributed by atoms with Gasteiger partial charge in [0.2, 0.25) is 0 Å². The number of carbonyl (C=O) groups is 1. The van der Waals surface area contributed by atoms with Crippen molar-refractivity contribution >= 4 is 29.3 Å². The molecule has 0 saturated carbocycles. The minimum atomic E-state index is -0.627. The van der Waals surface area contributed by atoms with E-state index >= 15 is 0 Å². The number of hydrogen-bond donors (Lipinski definition) is 2. The molecular formula is C10H11Cl2NO3. The third-order valence-electron chi connectivity index (χ3n) is 1.72. The van der Waals surface area contributed by atoms with Crippen molar-refractivity contribution in [2.45, 2.75) is 6.42 Å². The van der Waals surface area contributed by atoms with Gasteiger partial charge in [0.1, 0.15) is 5.02 Å². The molecule has 0 fully saturated rings. The van der Waals surface area contributed by atoms with Crippen LogP contribution in [0.1, 0.15) is 6.42 Å². The van der Waals surface area contributed by atoms with Gasteiger partial charge < -0.3 is 15.2 Å². The smallest absolute Gasteiger partial charge is 0.409 e. The monoisotopic (exact) mass is 263 g/mol. The molecule has 88 valence electrons. The minimum absolute atomic E-state index is 0.0121. The first kappa shape index (κ1) is 13.1. The van der Waals surface area contributed by atoms with Crippen LogP contribution in [0.25, 0.3) is 0 Å². The lowest BCUT2D eigenvalue weighted by Crippen LogP contribution is -2.28. The van der Waals surface area contributed by atoms with Gasteiger partial charge in [-0.3, -0.25) is 0 Å². The fourth-order valence-electron chi connectivity index (χ4n) is 0.968. The lowest BCUT2D eigenvalue weighted by molar-refractivity contribution is 0.199. The number of aliphatic hydroxyl groups is 1. The molecule has 1 rings (SSSR count). The van der Waals surface area contributed by atoms with Crippen molar-refractivity contribution in [2.24, 2.45) is 0 Å². The average molecular weight is 264 g/mol. The first-order valence-electron chi connectivity index (χ1n) is 4.65. The third-order valence-corrected chi connectivity index (χ3v) is 2.52. The Labute approximate surface area is 103 Å². The van der Waals surface area contributed by atoms with E-state index < -0.39 is 6.09 Å². The fraction of sp³-hybridized carbons (Fsp3) is 0.300. The van der Waals surface area contributed by atoms with Crippen molar-refractivity contribution in [3.8, 4) is 5.75 Å². The molecule has 2 N–H and O–H groups in total. The summed E-state index contributed by atoms with van der Waals surface area (Å²) in [5, 5.41) is 11.5. The molecule has 1 amide bonds. The lowest BCUT2D eigenvalue weighted by Gasteiger charge is -2.07. The van der Waals surface area contributed by atoms with Gasteiger partial charge in [-0.25, -0.2) is 4.79 Å². The average Bonchev–Trinajstić information content (AvgIpc) is 2.25. The van der Waals surface area contributed by atoms with Crippen LogP contribution in [0.15, 0.2) is 18.2 Å². The highest BCUT2D eigenvalue weighted by atomic mass is 35.5. The predicted molar refractivity (Wildman–Crippen MR) is 62.2 cm³/mol. The van der Waals surface area contributed by atoms with Crippen molar-refractivity contribution in [3.05, 3.63) is 28.2 Å². The van der Waals surface area contributed by atoms with Gasteiger partial charge in [-0.1, -0.05) is 29.3 Å². The summed E-state index contributed by atoms with van der Waals surface area (Å²) >= 11 is 11.6. The molecular weight excluding hydrogens is 253 g/mol. The van der Waals surface area contributed by atoms with Gasteiger partial charge in [0.15, 0.2) is 5.75 Å². The second-order valence-electron chi connectivity index (χ2n) is 2.95. The van der Waals surface area contributed by atoms with E-state index in [-0.39, 0.29) is 17.4 Å². The summed E-state index contributed by atoms with van der Waals surface area (Å²) in [6.45, 7) is 0.353. The maximum absolute atomic E-state index is 11.2. The second-order valence-corrected chi connectivity index (χ2v) is 3.73. The Kier molecular flexibility index (Phi) is 5.38. The predicted octanol–water partition coefficient (Wildman–Crippen LogP) is 2.46. The number of nitrogens with one attached hydrogen (secondary N) is 1. The fourth-order valence-corrected chi connectivity index (χ4v) is 1.30. The van der Waals surface area contributed by atoms with E-state index in [2.05, 4.69) is 5.32 Å². The highest BCUT2D eigenvalue weighted by Gasteiger charge is 2.09. The van der Waals surface area contributed by atoms with Crippen LogP contribution in [0.5, 0.6) is 5.75 Å². The van der Waals surface area contributed by atoms with Crippen LogP contribution < -0.4 is 10.1 Å². The molecule has 0 saturated heterocycles. The van der Waals surface area contributed by atoms with E-state index in [1.807, 2.05) is 0 Å². The maximum Gasteiger partial charge on any atom is 0.412 e. The first-order chi connectivity index (χ1) is 7.65. The van der Waals surface area contributed by atoms with Gasteiger partial charge in [-0.2, -0.15) is 0 Å². The van der Waals surface area contributed by atoms with Crippen molar-refractivity contribution in [3.63, 3.8) is 0 Å². The lowest BCUT2D eigenvalue weighted by atomic mass is 10.3. The molecule has 1 aromatic rings. The number of halogens is 2. The zero-order chi connectivity index (χ0) is 12.0. The standard InChI is InChI=1S/C10H11Cl2NO3/c11-7-3-1-4-8(9(7)12)16-10(15)13-5-2-6-14/h1,3-4,14H,2,5-6H2,(H,13,15). The Balaban J connectivity index is 2.53. The highest BCUT2D eigenvalue weighted by Crippen LogP contribution is 2.31. The zero-order valence-electron chi connectivity index (χ0n) is 8.37. The molecule has 4 nitrogen and oxygen atoms in total. The Morgan fingerprint density at radius 3 is 2.88 bits per heavy atom. The van der Waals surface area contributed by atoms with Crippen LogP contribution in [0, 0.1) is 0 Å². The van der Waals surface area contributed by atoms with Crippen molar-refractivity contribution in [1.29, 1.82) is 0 Å². The molecule has 0 atom stereocenters. The second kappa shape index (κ2) is 6.58. The molecule has 0 aliphatic heterocycles. The zero-order valence-corrected chi connectivity index (χ0v) is 9.88. The summed E-state index contributed by atoms with van der Waals surface area (Å²) in [6.07, 6.45) is -0.157. The maximum atomic E-state index is 11.2. The summed E-state index contributed by atoms with van der Waals surface area (Å²) in [6, 6.07) is 4.77. The summed E-state index contributed by atoms with van der Waals surface area (Å²) in [5.41, 5.74) is 0. The highest BCUT2D eigenvalue weighted by molar-refractivity contribution is 6.43. The molecule has 0 heterocycles. The topological polar surface area (TPSA) is 58.6 Å². The summed E-state index contributed by atoms with van der Waals surface area (Å²) in [7, 11) is 0. The number of amides is 1. The summed E-state index contributed by atoms with van der Waals surface area (Å²) in [4.78, 5) is 11.2. The molecule has 1 aromatic carbocycles. The number of hydrogen-bond acceptors (Lipinski definition) is 3. The summed E-state index contributed by atoms with van der Waals surface area (Å²) < 4.78 is 4.92. The van der Waals surface area contributed by atoms with E-state index in [0.717, 1.165) is 0 Å². The molecule has 0 aliphatic rings. The van der Waals surface area contributed by atoms with Gasteiger partial charge in [-0.05, 0) is 18.6 Å². The van der Waals surface area contributed by atoms with Crippen LogP contribution in [0.4, 0.5) is 4.79 Å². The number of rotatable bonds is 4. The van der Waals surface area contributed by atoms with Crippen LogP contribution in [0.3, 0.4) is 0 Å². The quantitative estimate of drug-likeness (QED) is 0.821. The molecule has 16 heavy (non-hydrogen) atoms. The van der Waals surface area contributed by atoms with Crippen molar-refractivity contribution in [2.75, 3.05) is 13.2 Å². The molecule has 0 bridgehead atoms. The van der Waals surface area contributed by atoms with Gasteiger partial charge >= 0.3 is 6.09 Å². The van der Waals surface area contributed by atoms with Crippen molar-refractivity contribution in [1.82, 2.24) is 5.32 Å². The van der Waals surface area contributed by atoms with Gasteiger partial charge in [0.05, 0.1) is 5.02 Å². The third kappa shape index (κ3) is 3.89. The molecule has 0 spiro atoms. The first-order valence-corrected chi connectivity index (χ1v) is 5.41. The molecule has 0 aliphatic carbocycles. The van der Waals surface area contributed by atoms with Crippen LogP contribution >= 0.6 is 23.2 Å². The largest absolute Gasteiger partial charge is 0.412 e. The molecule has 0 radical (unpaired) electrons. The molecule has 6 heteroatoms. The van der Waals surface area contributed by atoms with E-state index in [1.54, 1.807) is 18.2 Å². The Bertz CT molecular complexity index is 371. The van der Waals surface area contributed by atoms with E-state index in [9.17, 15) is 4.79 Å². The summed E-state index contributed by atoms with van der Waals surface area (Å²) in [5.74, 6) is 0.204. The van der Waals surface area contributed by atoms with E-state index in [4.69, 9.17) is 33.0 Å².